The molecule has 0 spiro atoms. The number of thioether (sulfide) groups is 1. The molecular formula is C35H33F3N6O3S. The van der Waals surface area contributed by atoms with Gasteiger partial charge in [0.2, 0.25) is 11.8 Å². The molecule has 248 valence electrons. The number of primary amides is 1. The first kappa shape index (κ1) is 33.2. The van der Waals surface area contributed by atoms with Crippen molar-refractivity contribution in [1.29, 1.82) is 0 Å². The number of pyridine rings is 1. The Bertz CT molecular complexity index is 1840. The molecule has 0 radical (unpaired) electrons. The van der Waals surface area contributed by atoms with Gasteiger partial charge in [-0.1, -0.05) is 36.0 Å². The number of nitrogens with zero attached hydrogens (tertiary/aromatic N) is 3. The second-order valence-corrected chi connectivity index (χ2v) is 12.4. The van der Waals surface area contributed by atoms with Crippen LogP contribution < -0.4 is 16.4 Å². The Labute approximate surface area is 279 Å². The predicted molar refractivity (Wildman–Crippen MR) is 177 cm³/mol. The van der Waals surface area contributed by atoms with Gasteiger partial charge in [0.05, 0.1) is 12.2 Å². The number of aromatic nitrogens is 3. The number of anilines is 1. The minimum absolute atomic E-state index is 0.124. The molecule has 6 rings (SSSR count). The van der Waals surface area contributed by atoms with Gasteiger partial charge in [0.15, 0.2) is 0 Å². The van der Waals surface area contributed by atoms with Gasteiger partial charge < -0.3 is 25.5 Å². The Morgan fingerprint density at radius 1 is 0.958 bits per heavy atom. The number of amides is 1. The summed E-state index contributed by atoms with van der Waals surface area (Å²) in [6, 6.07) is 17.3. The monoisotopic (exact) mass is 674 g/mol. The molecule has 0 unspecified atom stereocenters. The average Bonchev–Trinajstić information content (AvgIpc) is 3.58. The first-order valence-corrected chi connectivity index (χ1v) is 16.4. The highest BCUT2D eigenvalue weighted by molar-refractivity contribution is 7.99. The van der Waals surface area contributed by atoms with Crippen molar-refractivity contribution in [2.24, 2.45) is 5.73 Å². The molecule has 48 heavy (non-hydrogen) atoms. The van der Waals surface area contributed by atoms with Crippen molar-refractivity contribution >= 4 is 23.4 Å². The van der Waals surface area contributed by atoms with E-state index < -0.39 is 29.4 Å². The summed E-state index contributed by atoms with van der Waals surface area (Å²) in [5, 5.41) is 15.2. The summed E-state index contributed by atoms with van der Waals surface area (Å²) < 4.78 is 55.4. The molecule has 0 bridgehead atoms. The third-order valence-electron chi connectivity index (χ3n) is 7.99. The van der Waals surface area contributed by atoms with Crippen molar-refractivity contribution in [3.8, 4) is 22.6 Å². The fourth-order valence-electron chi connectivity index (χ4n) is 5.54. The van der Waals surface area contributed by atoms with Gasteiger partial charge in [0.1, 0.15) is 23.5 Å². The summed E-state index contributed by atoms with van der Waals surface area (Å²) in [4.78, 5) is 16.5. The number of hydrogen-bond donors (Lipinski definition) is 3. The second-order valence-electron chi connectivity index (χ2n) is 11.4. The largest absolute Gasteiger partial charge is 0.411 e. The van der Waals surface area contributed by atoms with Gasteiger partial charge in [0.25, 0.3) is 5.22 Å². The van der Waals surface area contributed by atoms with Crippen LogP contribution in [-0.2, 0) is 22.4 Å². The molecule has 1 amide bonds. The Balaban J connectivity index is 1.07. The number of carbonyl (C=O) groups excluding carboxylic acids is 1. The van der Waals surface area contributed by atoms with Gasteiger partial charge in [-0.15, -0.1) is 10.2 Å². The molecule has 9 nitrogen and oxygen atoms in total. The summed E-state index contributed by atoms with van der Waals surface area (Å²) in [6.07, 6.45) is 4.00. The highest BCUT2D eigenvalue weighted by Crippen LogP contribution is 2.28. The maximum absolute atomic E-state index is 15.2. The molecule has 4 N–H and O–H groups in total. The molecular weight excluding hydrogens is 641 g/mol. The Morgan fingerprint density at radius 3 is 2.54 bits per heavy atom. The number of hydrogen-bond acceptors (Lipinski definition) is 9. The molecule has 3 atom stereocenters. The van der Waals surface area contributed by atoms with Gasteiger partial charge in [-0.25, -0.2) is 13.2 Å². The van der Waals surface area contributed by atoms with E-state index in [1.165, 1.54) is 48.2 Å². The predicted octanol–water partition coefficient (Wildman–Crippen LogP) is 5.81. The Kier molecular flexibility index (Phi) is 10.7. The summed E-state index contributed by atoms with van der Waals surface area (Å²) >= 11 is 1.40. The van der Waals surface area contributed by atoms with Crippen LogP contribution in [0.4, 0.5) is 18.9 Å². The van der Waals surface area contributed by atoms with E-state index >= 15 is 4.39 Å². The van der Waals surface area contributed by atoms with Crippen molar-refractivity contribution in [2.45, 2.75) is 42.7 Å². The van der Waals surface area contributed by atoms with E-state index in [0.29, 0.717) is 65.2 Å². The van der Waals surface area contributed by atoms with Crippen molar-refractivity contribution in [2.75, 3.05) is 24.2 Å². The van der Waals surface area contributed by atoms with Crippen molar-refractivity contribution < 1.29 is 27.1 Å². The molecule has 0 saturated carbocycles. The lowest BCUT2D eigenvalue weighted by Crippen LogP contribution is -2.46. The van der Waals surface area contributed by atoms with E-state index in [9.17, 15) is 13.6 Å². The third-order valence-corrected chi connectivity index (χ3v) is 8.94. The van der Waals surface area contributed by atoms with E-state index in [-0.39, 0.29) is 24.2 Å². The second kappa shape index (κ2) is 15.5. The van der Waals surface area contributed by atoms with Gasteiger partial charge in [-0.3, -0.25) is 9.78 Å². The lowest BCUT2D eigenvalue weighted by Gasteiger charge is -2.31. The molecule has 5 aromatic rings. The van der Waals surface area contributed by atoms with E-state index in [1.807, 2.05) is 0 Å². The average molecular weight is 675 g/mol. The van der Waals surface area contributed by atoms with E-state index in [2.05, 4.69) is 25.8 Å². The molecule has 1 aliphatic heterocycles. The van der Waals surface area contributed by atoms with Gasteiger partial charge in [-0.05, 0) is 72.5 Å². The molecule has 13 heteroatoms. The number of ether oxygens (including phenoxy) is 1. The number of benzene rings is 3. The molecule has 3 aromatic carbocycles. The minimum Gasteiger partial charge on any atom is -0.411 e. The summed E-state index contributed by atoms with van der Waals surface area (Å²) in [6.45, 7) is 1.25. The highest BCUT2D eigenvalue weighted by Gasteiger charge is 2.25. The summed E-state index contributed by atoms with van der Waals surface area (Å²) in [5.41, 5.74) is 8.80. The number of rotatable bonds is 13. The maximum Gasteiger partial charge on any atom is 0.276 e. The number of halogens is 3. The quantitative estimate of drug-likeness (QED) is 0.133. The van der Waals surface area contributed by atoms with Crippen LogP contribution in [0, 0.1) is 17.5 Å². The minimum atomic E-state index is -0.908. The zero-order chi connectivity index (χ0) is 33.5. The Hall–Kier alpha value is -4.72. The van der Waals surface area contributed by atoms with E-state index in [4.69, 9.17) is 14.9 Å². The number of carbonyl (C=O) groups is 1. The molecule has 2 aromatic heterocycles. The van der Waals surface area contributed by atoms with Crippen LogP contribution in [0.25, 0.3) is 22.6 Å². The SMILES string of the molecule is NC(=O)[C@H](Cc1ccc(F)c(-c2ccc(F)cc2)c1)Nc1cccc(F)c1CC[C@@H]1CNC[C@@H](CSc2nnc(-c3ccncc3)o2)O1. The normalized spacial score (nSPS) is 16.8. The van der Waals surface area contributed by atoms with Gasteiger partial charge in [0, 0.05) is 60.0 Å². The van der Waals surface area contributed by atoms with Crippen LogP contribution in [-0.4, -0.2) is 58.2 Å². The van der Waals surface area contributed by atoms with Crippen LogP contribution in [0.5, 0.6) is 0 Å². The van der Waals surface area contributed by atoms with Crippen molar-refractivity contribution in [3.05, 3.63) is 114 Å². The maximum atomic E-state index is 15.2. The zero-order valence-corrected chi connectivity index (χ0v) is 26.6. The first-order valence-electron chi connectivity index (χ1n) is 15.4. The van der Waals surface area contributed by atoms with E-state index in [1.54, 1.807) is 48.8 Å². The fraction of sp³-hybridized carbons (Fsp3) is 0.257. The Morgan fingerprint density at radius 2 is 1.75 bits per heavy atom. The summed E-state index contributed by atoms with van der Waals surface area (Å²) in [7, 11) is 0. The van der Waals surface area contributed by atoms with Crippen molar-refractivity contribution in [3.63, 3.8) is 0 Å². The standard InChI is InChI=1S/C35H33F3N6O3S/c36-24-7-5-22(6-8-24)28-16-21(4-11-30(28)38)17-32(33(39)45)42-31-3-1-2-29(37)27(31)10-9-25-18-41-19-26(46-25)20-48-35-44-43-34(47-35)23-12-14-40-15-13-23/h1-8,11-16,25-26,32,41-42H,9-10,17-20H2,(H2,39,45)/t25-,26+,32+/m1/s1. The van der Waals surface area contributed by atoms with Gasteiger partial charge >= 0.3 is 0 Å². The molecule has 1 aliphatic rings. The van der Waals surface area contributed by atoms with E-state index in [0.717, 1.165) is 5.56 Å². The van der Waals surface area contributed by atoms with Crippen LogP contribution >= 0.6 is 11.8 Å². The van der Waals surface area contributed by atoms with Crippen LogP contribution in [0.2, 0.25) is 0 Å². The number of nitrogens with two attached hydrogens (primary N) is 1. The van der Waals surface area contributed by atoms with Gasteiger partial charge in [-0.2, -0.15) is 0 Å². The first-order chi connectivity index (χ1) is 23.3. The third kappa shape index (κ3) is 8.40. The molecule has 0 aliphatic carbocycles. The topological polar surface area (TPSA) is 128 Å². The molecule has 3 heterocycles. The van der Waals surface area contributed by atoms with Crippen LogP contribution in [0.1, 0.15) is 17.5 Å². The number of nitrogens with one attached hydrogen (secondary N) is 2. The van der Waals surface area contributed by atoms with Crippen LogP contribution in [0.15, 0.2) is 94.8 Å². The molecule has 1 fully saturated rings. The highest BCUT2D eigenvalue weighted by atomic mass is 32.2. The number of morpholine rings is 1. The molecule has 1 saturated heterocycles. The lowest BCUT2D eigenvalue weighted by atomic mass is 9.97. The lowest BCUT2D eigenvalue weighted by molar-refractivity contribution is -0.118. The van der Waals surface area contributed by atoms with Crippen molar-refractivity contribution in [1.82, 2.24) is 20.5 Å². The fourth-order valence-corrected chi connectivity index (χ4v) is 6.30. The smallest absolute Gasteiger partial charge is 0.276 e. The summed E-state index contributed by atoms with van der Waals surface area (Å²) in [5.74, 6) is -0.971. The van der Waals surface area contributed by atoms with Crippen LogP contribution in [0.3, 0.4) is 0 Å². The zero-order valence-electron chi connectivity index (χ0n) is 25.7.